The SMILES string of the molecule is CCCN1CCN(C(=O)CNC)C[C@@H](Cc2ccccc2-c2ccccc2)C1=O. The highest BCUT2D eigenvalue weighted by molar-refractivity contribution is 5.83. The topological polar surface area (TPSA) is 52.6 Å². The van der Waals surface area contributed by atoms with Crippen LogP contribution in [0.4, 0.5) is 0 Å². The lowest BCUT2D eigenvalue weighted by Gasteiger charge is -2.24. The number of likely N-dealkylation sites (N-methyl/N-ethyl adjacent to an activating group) is 1. The number of carbonyl (C=O) groups excluding carboxylic acids is 2. The molecule has 0 bridgehead atoms. The average molecular weight is 394 g/mol. The van der Waals surface area contributed by atoms with Gasteiger partial charge < -0.3 is 15.1 Å². The van der Waals surface area contributed by atoms with Gasteiger partial charge in [-0.1, -0.05) is 61.5 Å². The van der Waals surface area contributed by atoms with E-state index in [2.05, 4.69) is 36.5 Å². The first-order valence-corrected chi connectivity index (χ1v) is 10.5. The van der Waals surface area contributed by atoms with Crippen molar-refractivity contribution in [2.45, 2.75) is 19.8 Å². The zero-order valence-corrected chi connectivity index (χ0v) is 17.4. The van der Waals surface area contributed by atoms with Crippen molar-refractivity contribution in [3.63, 3.8) is 0 Å². The third kappa shape index (κ3) is 5.24. The van der Waals surface area contributed by atoms with Gasteiger partial charge in [-0.3, -0.25) is 9.59 Å². The summed E-state index contributed by atoms with van der Waals surface area (Å²) in [4.78, 5) is 29.6. The lowest BCUT2D eigenvalue weighted by molar-refractivity contribution is -0.134. The van der Waals surface area contributed by atoms with Gasteiger partial charge in [-0.25, -0.2) is 0 Å². The maximum atomic E-state index is 13.3. The van der Waals surface area contributed by atoms with Crippen LogP contribution in [0.2, 0.25) is 0 Å². The first-order valence-electron chi connectivity index (χ1n) is 10.5. The second-order valence-electron chi connectivity index (χ2n) is 7.62. The van der Waals surface area contributed by atoms with E-state index in [0.717, 1.165) is 29.7 Å². The number of amides is 2. The van der Waals surface area contributed by atoms with Gasteiger partial charge in [0.1, 0.15) is 0 Å². The maximum absolute atomic E-state index is 13.3. The fourth-order valence-electron chi connectivity index (χ4n) is 4.04. The molecule has 0 aliphatic carbocycles. The highest BCUT2D eigenvalue weighted by Gasteiger charge is 2.32. The molecule has 1 atom stereocenters. The summed E-state index contributed by atoms with van der Waals surface area (Å²) in [7, 11) is 1.78. The minimum absolute atomic E-state index is 0.0555. The van der Waals surface area contributed by atoms with Gasteiger partial charge >= 0.3 is 0 Å². The minimum Gasteiger partial charge on any atom is -0.341 e. The summed E-state index contributed by atoms with van der Waals surface area (Å²) in [6.07, 6.45) is 1.55. The Morgan fingerprint density at radius 2 is 1.79 bits per heavy atom. The van der Waals surface area contributed by atoms with Gasteiger partial charge in [0.05, 0.1) is 12.5 Å². The number of benzene rings is 2. The third-order valence-electron chi connectivity index (χ3n) is 5.48. The molecule has 2 aromatic rings. The highest BCUT2D eigenvalue weighted by atomic mass is 16.2. The number of carbonyl (C=O) groups is 2. The van der Waals surface area contributed by atoms with Crippen LogP contribution in [-0.2, 0) is 16.0 Å². The van der Waals surface area contributed by atoms with Crippen molar-refractivity contribution in [2.75, 3.05) is 39.8 Å². The summed E-state index contributed by atoms with van der Waals surface area (Å²) >= 11 is 0. The maximum Gasteiger partial charge on any atom is 0.236 e. The van der Waals surface area contributed by atoms with Gasteiger partial charge in [0.25, 0.3) is 0 Å². The number of hydrogen-bond donors (Lipinski definition) is 1. The van der Waals surface area contributed by atoms with Crippen LogP contribution in [0.5, 0.6) is 0 Å². The van der Waals surface area contributed by atoms with E-state index in [4.69, 9.17) is 0 Å². The van der Waals surface area contributed by atoms with Crippen molar-refractivity contribution >= 4 is 11.8 Å². The molecule has 3 rings (SSSR count). The lowest BCUT2D eigenvalue weighted by atomic mass is 9.91. The highest BCUT2D eigenvalue weighted by Crippen LogP contribution is 2.27. The van der Waals surface area contributed by atoms with E-state index >= 15 is 0 Å². The van der Waals surface area contributed by atoms with Gasteiger partial charge in [0.2, 0.25) is 11.8 Å². The zero-order valence-electron chi connectivity index (χ0n) is 17.4. The van der Waals surface area contributed by atoms with E-state index < -0.39 is 0 Å². The van der Waals surface area contributed by atoms with Crippen LogP contribution >= 0.6 is 0 Å². The zero-order chi connectivity index (χ0) is 20.6. The van der Waals surface area contributed by atoms with E-state index in [1.54, 1.807) is 7.05 Å². The first kappa shape index (κ1) is 21.1. The van der Waals surface area contributed by atoms with Crippen molar-refractivity contribution in [3.8, 4) is 11.1 Å². The third-order valence-corrected chi connectivity index (χ3v) is 5.48. The molecule has 5 nitrogen and oxygen atoms in total. The van der Waals surface area contributed by atoms with Crippen molar-refractivity contribution in [2.24, 2.45) is 5.92 Å². The second kappa shape index (κ2) is 10.2. The summed E-state index contributed by atoms with van der Waals surface area (Å²) in [6.45, 7) is 4.81. The van der Waals surface area contributed by atoms with Crippen LogP contribution in [0.1, 0.15) is 18.9 Å². The average Bonchev–Trinajstić information content (AvgIpc) is 2.89. The molecular weight excluding hydrogens is 362 g/mol. The smallest absolute Gasteiger partial charge is 0.236 e. The Hall–Kier alpha value is -2.66. The Balaban J connectivity index is 1.88. The summed E-state index contributed by atoms with van der Waals surface area (Å²) in [5, 5.41) is 2.94. The summed E-state index contributed by atoms with van der Waals surface area (Å²) in [5.74, 6) is -0.0100. The summed E-state index contributed by atoms with van der Waals surface area (Å²) in [5.41, 5.74) is 3.45. The second-order valence-corrected chi connectivity index (χ2v) is 7.62. The van der Waals surface area contributed by atoms with E-state index in [0.29, 0.717) is 32.6 Å². The molecule has 0 saturated carbocycles. The van der Waals surface area contributed by atoms with E-state index in [1.165, 1.54) is 0 Å². The number of nitrogens with one attached hydrogen (secondary N) is 1. The standard InChI is InChI=1S/C24H31N3O2/c1-3-13-26-14-15-27(23(28)17-25-2)18-21(24(26)29)16-20-11-7-8-12-22(20)19-9-5-4-6-10-19/h4-12,21,25H,3,13-18H2,1-2H3/t21-/m1/s1. The largest absolute Gasteiger partial charge is 0.341 e. The van der Waals surface area contributed by atoms with Crippen LogP contribution in [-0.4, -0.2) is 61.4 Å². The number of rotatable bonds is 7. The fraction of sp³-hybridized carbons (Fsp3) is 0.417. The Kier molecular flexibility index (Phi) is 7.42. The molecule has 29 heavy (non-hydrogen) atoms. The minimum atomic E-state index is -0.227. The van der Waals surface area contributed by atoms with Gasteiger partial charge in [-0.2, -0.15) is 0 Å². The Labute approximate surface area is 173 Å². The van der Waals surface area contributed by atoms with E-state index in [-0.39, 0.29) is 17.7 Å². The first-order chi connectivity index (χ1) is 14.1. The predicted octanol–water partition coefficient (Wildman–Crippen LogP) is 2.81. The molecule has 0 unspecified atom stereocenters. The molecule has 1 fully saturated rings. The van der Waals surface area contributed by atoms with Crippen LogP contribution < -0.4 is 5.32 Å². The number of hydrogen-bond acceptors (Lipinski definition) is 3. The molecule has 0 aromatic heterocycles. The predicted molar refractivity (Wildman–Crippen MR) is 116 cm³/mol. The Bertz CT molecular complexity index is 822. The molecule has 1 saturated heterocycles. The van der Waals surface area contributed by atoms with Gasteiger partial charge in [0, 0.05) is 26.2 Å². The Morgan fingerprint density at radius 3 is 2.52 bits per heavy atom. The Morgan fingerprint density at radius 1 is 1.07 bits per heavy atom. The molecule has 154 valence electrons. The van der Waals surface area contributed by atoms with Gasteiger partial charge in [-0.15, -0.1) is 0 Å². The molecule has 1 aliphatic heterocycles. The monoisotopic (exact) mass is 393 g/mol. The summed E-state index contributed by atoms with van der Waals surface area (Å²) < 4.78 is 0. The normalized spacial score (nSPS) is 17.3. The number of nitrogens with zero attached hydrogens (tertiary/aromatic N) is 2. The molecule has 1 heterocycles. The molecule has 1 N–H and O–H groups in total. The molecule has 5 heteroatoms. The van der Waals surface area contributed by atoms with Crippen molar-refractivity contribution in [1.29, 1.82) is 0 Å². The van der Waals surface area contributed by atoms with Gasteiger partial charge in [-0.05, 0) is 36.6 Å². The van der Waals surface area contributed by atoms with E-state index in [9.17, 15) is 9.59 Å². The molecule has 1 aliphatic rings. The quantitative estimate of drug-likeness (QED) is 0.787. The molecule has 2 amide bonds. The fourth-order valence-corrected chi connectivity index (χ4v) is 4.04. The van der Waals surface area contributed by atoms with Crippen LogP contribution in [0.25, 0.3) is 11.1 Å². The van der Waals surface area contributed by atoms with Crippen LogP contribution in [0.3, 0.4) is 0 Å². The molecule has 0 spiro atoms. The molecular formula is C24H31N3O2. The van der Waals surface area contributed by atoms with Crippen LogP contribution in [0.15, 0.2) is 54.6 Å². The van der Waals surface area contributed by atoms with Crippen molar-refractivity contribution in [3.05, 3.63) is 60.2 Å². The van der Waals surface area contributed by atoms with Crippen molar-refractivity contribution < 1.29 is 9.59 Å². The molecule has 2 aromatic carbocycles. The van der Waals surface area contributed by atoms with Crippen molar-refractivity contribution in [1.82, 2.24) is 15.1 Å². The molecule has 0 radical (unpaired) electrons. The van der Waals surface area contributed by atoms with E-state index in [1.807, 2.05) is 40.1 Å². The van der Waals surface area contributed by atoms with Crippen LogP contribution in [0, 0.1) is 5.92 Å². The summed E-state index contributed by atoms with van der Waals surface area (Å²) in [6, 6.07) is 18.5. The lowest BCUT2D eigenvalue weighted by Crippen LogP contribution is -2.41. The van der Waals surface area contributed by atoms with Gasteiger partial charge in [0.15, 0.2) is 0 Å².